The molecule has 0 fully saturated rings. The number of ether oxygens (including phenoxy) is 1. The lowest BCUT2D eigenvalue weighted by Crippen LogP contribution is -2.26. The first kappa shape index (κ1) is 19.4. The van der Waals surface area contributed by atoms with Crippen molar-refractivity contribution in [2.75, 3.05) is 23.8 Å². The summed E-state index contributed by atoms with van der Waals surface area (Å²) in [6.07, 6.45) is 0. The van der Waals surface area contributed by atoms with Crippen molar-refractivity contribution in [3.63, 3.8) is 0 Å². The summed E-state index contributed by atoms with van der Waals surface area (Å²) in [6, 6.07) is 21.6. The first-order chi connectivity index (χ1) is 13.4. The van der Waals surface area contributed by atoms with Crippen LogP contribution in [-0.4, -0.2) is 28.5 Å². The van der Waals surface area contributed by atoms with E-state index in [9.17, 15) is 13.2 Å². The highest BCUT2D eigenvalue weighted by Gasteiger charge is 2.17. The molecule has 0 aromatic heterocycles. The van der Waals surface area contributed by atoms with Crippen LogP contribution in [-0.2, 0) is 10.0 Å². The summed E-state index contributed by atoms with van der Waals surface area (Å²) >= 11 is 0. The summed E-state index contributed by atoms with van der Waals surface area (Å²) in [5, 5.41) is 0. The molecule has 0 heterocycles. The van der Waals surface area contributed by atoms with Gasteiger partial charge in [-0.2, -0.15) is 0 Å². The van der Waals surface area contributed by atoms with E-state index in [4.69, 9.17) is 4.74 Å². The Hall–Kier alpha value is -3.32. The summed E-state index contributed by atoms with van der Waals surface area (Å²) in [7, 11) is -0.550. The van der Waals surface area contributed by atoms with E-state index >= 15 is 0 Å². The van der Waals surface area contributed by atoms with E-state index in [1.54, 1.807) is 31.3 Å². The molecular weight excluding hydrogens is 376 g/mol. The summed E-state index contributed by atoms with van der Waals surface area (Å²) in [5.74, 6) is 0.409. The molecule has 144 valence electrons. The molecule has 0 radical (unpaired) electrons. The fraction of sp³-hybridized carbons (Fsp3) is 0.0952. The smallest absolute Gasteiger partial charge is 0.261 e. The molecule has 0 aliphatic carbocycles. The van der Waals surface area contributed by atoms with Crippen molar-refractivity contribution in [3.8, 4) is 5.75 Å². The molecule has 0 aliphatic heterocycles. The molecule has 0 bridgehead atoms. The topological polar surface area (TPSA) is 75.7 Å². The molecule has 0 aliphatic rings. The highest BCUT2D eigenvalue weighted by Crippen LogP contribution is 2.21. The Kier molecular flexibility index (Phi) is 5.65. The van der Waals surface area contributed by atoms with Crippen LogP contribution in [0.2, 0.25) is 0 Å². The maximum atomic E-state index is 12.6. The van der Waals surface area contributed by atoms with Crippen molar-refractivity contribution < 1.29 is 17.9 Å². The van der Waals surface area contributed by atoms with Crippen LogP contribution in [0.4, 0.5) is 11.4 Å². The van der Waals surface area contributed by atoms with Gasteiger partial charge in [-0.25, -0.2) is 8.42 Å². The largest absolute Gasteiger partial charge is 0.497 e. The zero-order valence-corrected chi connectivity index (χ0v) is 16.3. The minimum Gasteiger partial charge on any atom is -0.497 e. The van der Waals surface area contributed by atoms with Gasteiger partial charge in [0.2, 0.25) is 0 Å². The van der Waals surface area contributed by atoms with Crippen LogP contribution in [0, 0.1) is 0 Å². The fourth-order valence-electron chi connectivity index (χ4n) is 2.61. The number of hydrogen-bond donors (Lipinski definition) is 1. The minimum atomic E-state index is -3.76. The summed E-state index contributed by atoms with van der Waals surface area (Å²) in [5.41, 5.74) is 1.57. The van der Waals surface area contributed by atoms with E-state index in [1.807, 2.05) is 30.3 Å². The minimum absolute atomic E-state index is 0.0715. The number of benzene rings is 3. The van der Waals surface area contributed by atoms with Crippen molar-refractivity contribution in [1.82, 2.24) is 0 Å². The van der Waals surface area contributed by atoms with Gasteiger partial charge in [0.1, 0.15) is 5.75 Å². The number of methoxy groups -OCH3 is 1. The highest BCUT2D eigenvalue weighted by atomic mass is 32.2. The van der Waals surface area contributed by atoms with E-state index in [0.29, 0.717) is 17.0 Å². The molecule has 0 saturated carbocycles. The molecule has 3 aromatic rings. The van der Waals surface area contributed by atoms with E-state index in [2.05, 4.69) is 4.72 Å². The predicted octanol–water partition coefficient (Wildman–Crippen LogP) is 3.77. The number of nitrogens with zero attached hydrogens (tertiary/aromatic N) is 1. The van der Waals surface area contributed by atoms with Crippen molar-refractivity contribution in [2.24, 2.45) is 0 Å². The molecule has 7 heteroatoms. The molecular formula is C21H20N2O4S. The lowest BCUT2D eigenvalue weighted by Gasteiger charge is -2.17. The van der Waals surface area contributed by atoms with Crippen LogP contribution in [0.25, 0.3) is 0 Å². The van der Waals surface area contributed by atoms with Crippen LogP contribution in [0.1, 0.15) is 10.4 Å². The average Bonchev–Trinajstić information content (AvgIpc) is 2.73. The molecule has 0 spiro atoms. The molecule has 6 nitrogen and oxygen atoms in total. The lowest BCUT2D eigenvalue weighted by molar-refractivity contribution is 0.0993. The molecule has 3 aromatic carbocycles. The summed E-state index contributed by atoms with van der Waals surface area (Å²) in [6.45, 7) is 0. The number of nitrogens with one attached hydrogen (secondary N) is 1. The second kappa shape index (κ2) is 8.14. The maximum absolute atomic E-state index is 12.6. The van der Waals surface area contributed by atoms with Gasteiger partial charge in [-0.3, -0.25) is 9.52 Å². The van der Waals surface area contributed by atoms with Crippen molar-refractivity contribution in [3.05, 3.63) is 84.4 Å². The van der Waals surface area contributed by atoms with E-state index in [1.165, 1.54) is 36.3 Å². The standard InChI is InChI=1S/C21H20N2O4S/c1-23(18-6-4-3-5-7-18)21(24)16-8-14-20(15-9-16)28(25,26)22-17-10-12-19(27-2)13-11-17/h3-15,22H,1-2H3. The number of carbonyl (C=O) groups is 1. The number of rotatable bonds is 6. The van der Waals surface area contributed by atoms with E-state index in [-0.39, 0.29) is 10.8 Å². The normalized spacial score (nSPS) is 10.9. The van der Waals surface area contributed by atoms with Crippen LogP contribution in [0.15, 0.2) is 83.8 Å². The van der Waals surface area contributed by atoms with E-state index in [0.717, 1.165) is 5.69 Å². The second-order valence-electron chi connectivity index (χ2n) is 6.06. The summed E-state index contributed by atoms with van der Waals surface area (Å²) < 4.78 is 32.7. The number of anilines is 2. The zero-order valence-electron chi connectivity index (χ0n) is 15.5. The Labute approximate surface area is 164 Å². The second-order valence-corrected chi connectivity index (χ2v) is 7.74. The fourth-order valence-corrected chi connectivity index (χ4v) is 3.67. The van der Waals surface area contributed by atoms with Gasteiger partial charge in [-0.1, -0.05) is 18.2 Å². The van der Waals surface area contributed by atoms with Crippen molar-refractivity contribution in [2.45, 2.75) is 4.90 Å². The molecule has 1 N–H and O–H groups in total. The predicted molar refractivity (Wildman–Crippen MR) is 109 cm³/mol. The van der Waals surface area contributed by atoms with Crippen molar-refractivity contribution in [1.29, 1.82) is 0 Å². The first-order valence-corrected chi connectivity index (χ1v) is 9.99. The third-order valence-corrected chi connectivity index (χ3v) is 5.60. The number of hydrogen-bond acceptors (Lipinski definition) is 4. The molecule has 0 unspecified atom stereocenters. The third kappa shape index (κ3) is 4.32. The Balaban J connectivity index is 1.76. The van der Waals surface area contributed by atoms with Gasteiger partial charge in [0.05, 0.1) is 12.0 Å². The van der Waals surface area contributed by atoms with Gasteiger partial charge in [-0.05, 0) is 60.7 Å². The number of carbonyl (C=O) groups excluding carboxylic acids is 1. The maximum Gasteiger partial charge on any atom is 0.261 e. The third-order valence-electron chi connectivity index (χ3n) is 4.20. The van der Waals surface area contributed by atoms with Gasteiger partial charge in [0.15, 0.2) is 0 Å². The van der Waals surface area contributed by atoms with Gasteiger partial charge >= 0.3 is 0 Å². The zero-order chi connectivity index (χ0) is 20.1. The van der Waals surface area contributed by atoms with Crippen LogP contribution < -0.4 is 14.4 Å². The van der Waals surface area contributed by atoms with Crippen LogP contribution >= 0.6 is 0 Å². The SMILES string of the molecule is COc1ccc(NS(=O)(=O)c2ccc(C(=O)N(C)c3ccccc3)cc2)cc1. The average molecular weight is 396 g/mol. The number of amides is 1. The number of para-hydroxylation sites is 1. The Morgan fingerprint density at radius 3 is 2.07 bits per heavy atom. The molecule has 28 heavy (non-hydrogen) atoms. The molecule has 3 rings (SSSR count). The quantitative estimate of drug-likeness (QED) is 0.688. The van der Waals surface area contributed by atoms with Crippen LogP contribution in [0.5, 0.6) is 5.75 Å². The van der Waals surface area contributed by atoms with Gasteiger partial charge in [0, 0.05) is 24.0 Å². The Bertz CT molecular complexity index is 1050. The summed E-state index contributed by atoms with van der Waals surface area (Å²) in [4.78, 5) is 14.2. The molecule has 0 atom stereocenters. The van der Waals surface area contributed by atoms with Crippen molar-refractivity contribution >= 4 is 27.3 Å². The number of sulfonamides is 1. The van der Waals surface area contributed by atoms with Gasteiger partial charge < -0.3 is 9.64 Å². The van der Waals surface area contributed by atoms with Gasteiger partial charge in [-0.15, -0.1) is 0 Å². The van der Waals surface area contributed by atoms with E-state index < -0.39 is 10.0 Å². The molecule has 1 amide bonds. The monoisotopic (exact) mass is 396 g/mol. The van der Waals surface area contributed by atoms with Crippen LogP contribution in [0.3, 0.4) is 0 Å². The highest BCUT2D eigenvalue weighted by molar-refractivity contribution is 7.92. The Morgan fingerprint density at radius 2 is 1.50 bits per heavy atom. The molecule has 0 saturated heterocycles. The Morgan fingerprint density at radius 1 is 0.893 bits per heavy atom. The lowest BCUT2D eigenvalue weighted by atomic mass is 10.2. The first-order valence-electron chi connectivity index (χ1n) is 8.51. The van der Waals surface area contributed by atoms with Gasteiger partial charge in [0.25, 0.3) is 15.9 Å².